The number of halogens is 1. The summed E-state index contributed by atoms with van der Waals surface area (Å²) < 4.78 is 5.54. The van der Waals surface area contributed by atoms with E-state index in [1.165, 1.54) is 38.9 Å². The summed E-state index contributed by atoms with van der Waals surface area (Å²) in [6.07, 6.45) is 5.03. The van der Waals surface area contributed by atoms with Crippen molar-refractivity contribution in [1.29, 1.82) is 0 Å². The average molecular weight is 478 g/mol. The molecule has 0 spiro atoms. The van der Waals surface area contributed by atoms with Gasteiger partial charge in [0.1, 0.15) is 17.1 Å². The van der Waals surface area contributed by atoms with Crippen LogP contribution < -0.4 is 10.6 Å². The molecular formula is C19H35IN4O2. The Morgan fingerprint density at radius 2 is 2.00 bits per heavy atom. The van der Waals surface area contributed by atoms with Gasteiger partial charge in [-0.1, -0.05) is 0 Å². The standard InChI is InChI=1S/C19H34N4O2.HI/c1-4-20-18(21-11-5-6-12-23-13-7-8-14-23)22-15-19(3,24)17-10-9-16(2)25-17;/h9-10,24H,4-8,11-15H2,1-3H3,(H2,20,21,22);1H. The monoisotopic (exact) mass is 478 g/mol. The summed E-state index contributed by atoms with van der Waals surface area (Å²) in [5.41, 5.74) is -1.10. The molecule has 3 N–H and O–H groups in total. The predicted octanol–water partition coefficient (Wildman–Crippen LogP) is 2.84. The molecule has 1 aliphatic rings. The first-order valence-electron chi connectivity index (χ1n) is 9.55. The Morgan fingerprint density at radius 1 is 1.27 bits per heavy atom. The van der Waals surface area contributed by atoms with E-state index < -0.39 is 5.60 Å². The third-order valence-electron chi connectivity index (χ3n) is 4.55. The molecule has 0 saturated carbocycles. The van der Waals surface area contributed by atoms with Crippen LogP contribution in [0.25, 0.3) is 0 Å². The molecule has 7 heteroatoms. The van der Waals surface area contributed by atoms with E-state index in [1.807, 2.05) is 26.0 Å². The number of hydrogen-bond donors (Lipinski definition) is 3. The summed E-state index contributed by atoms with van der Waals surface area (Å²) in [5.74, 6) is 2.09. The maximum atomic E-state index is 10.6. The molecule has 0 aromatic carbocycles. The Kier molecular flexibility index (Phi) is 10.6. The summed E-state index contributed by atoms with van der Waals surface area (Å²) >= 11 is 0. The Morgan fingerprint density at radius 3 is 2.62 bits per heavy atom. The van der Waals surface area contributed by atoms with Crippen molar-refractivity contribution in [3.05, 3.63) is 23.7 Å². The van der Waals surface area contributed by atoms with Gasteiger partial charge in [-0.25, -0.2) is 4.99 Å². The molecule has 0 aliphatic carbocycles. The average Bonchev–Trinajstić information content (AvgIpc) is 3.24. The molecule has 0 bridgehead atoms. The Hall–Kier alpha value is -0.800. The van der Waals surface area contributed by atoms with Gasteiger partial charge in [0.05, 0.1) is 6.54 Å². The van der Waals surface area contributed by atoms with Crippen molar-refractivity contribution in [2.45, 2.75) is 52.1 Å². The number of nitrogens with zero attached hydrogens (tertiary/aromatic N) is 2. The summed E-state index contributed by atoms with van der Waals surface area (Å²) in [4.78, 5) is 7.06. The van der Waals surface area contributed by atoms with E-state index >= 15 is 0 Å². The fourth-order valence-electron chi connectivity index (χ4n) is 3.05. The van der Waals surface area contributed by atoms with Crippen molar-refractivity contribution in [2.75, 3.05) is 39.3 Å². The highest BCUT2D eigenvalue weighted by Gasteiger charge is 2.26. The van der Waals surface area contributed by atoms with Gasteiger partial charge in [-0.15, -0.1) is 24.0 Å². The second-order valence-corrected chi connectivity index (χ2v) is 7.06. The van der Waals surface area contributed by atoms with Gasteiger partial charge in [0, 0.05) is 13.1 Å². The van der Waals surface area contributed by atoms with Crippen molar-refractivity contribution in [3.8, 4) is 0 Å². The lowest BCUT2D eigenvalue weighted by Gasteiger charge is -2.20. The fraction of sp³-hybridized carbons (Fsp3) is 0.737. The van der Waals surface area contributed by atoms with Crippen LogP contribution in [0.5, 0.6) is 0 Å². The fourth-order valence-corrected chi connectivity index (χ4v) is 3.05. The predicted molar refractivity (Wildman–Crippen MR) is 117 cm³/mol. The molecular weight excluding hydrogens is 443 g/mol. The largest absolute Gasteiger partial charge is 0.463 e. The third kappa shape index (κ3) is 7.84. The van der Waals surface area contributed by atoms with Crippen LogP contribution in [0.15, 0.2) is 21.5 Å². The number of aryl methyl sites for hydroxylation is 1. The second-order valence-electron chi connectivity index (χ2n) is 7.06. The summed E-state index contributed by atoms with van der Waals surface area (Å²) in [6, 6.07) is 3.67. The van der Waals surface area contributed by atoms with Gasteiger partial charge in [-0.05, 0) is 78.2 Å². The molecule has 1 unspecified atom stereocenters. The van der Waals surface area contributed by atoms with E-state index in [4.69, 9.17) is 4.42 Å². The molecule has 1 fully saturated rings. The van der Waals surface area contributed by atoms with Crippen molar-refractivity contribution in [3.63, 3.8) is 0 Å². The zero-order chi connectivity index (χ0) is 18.1. The minimum absolute atomic E-state index is 0. The van der Waals surface area contributed by atoms with Gasteiger partial charge in [0.2, 0.25) is 0 Å². The molecule has 2 rings (SSSR count). The number of likely N-dealkylation sites (tertiary alicyclic amines) is 1. The lowest BCUT2D eigenvalue weighted by atomic mass is 10.0. The Bertz CT molecular complexity index is 539. The third-order valence-corrected chi connectivity index (χ3v) is 4.55. The van der Waals surface area contributed by atoms with E-state index in [9.17, 15) is 5.11 Å². The quantitative estimate of drug-likeness (QED) is 0.220. The van der Waals surface area contributed by atoms with Crippen LogP contribution in [0.3, 0.4) is 0 Å². The minimum Gasteiger partial charge on any atom is -0.463 e. The lowest BCUT2D eigenvalue weighted by Crippen LogP contribution is -2.39. The molecule has 1 aliphatic heterocycles. The molecule has 1 aromatic rings. The summed E-state index contributed by atoms with van der Waals surface area (Å²) in [5, 5.41) is 17.2. The van der Waals surface area contributed by atoms with E-state index in [0.717, 1.165) is 31.2 Å². The molecule has 0 radical (unpaired) electrons. The Balaban J connectivity index is 0.00000338. The smallest absolute Gasteiger partial charge is 0.191 e. The highest BCUT2D eigenvalue weighted by molar-refractivity contribution is 14.0. The molecule has 1 atom stereocenters. The molecule has 1 aromatic heterocycles. The van der Waals surface area contributed by atoms with Crippen LogP contribution >= 0.6 is 24.0 Å². The number of rotatable bonds is 9. The number of aliphatic imine (C=N–C) groups is 1. The van der Waals surface area contributed by atoms with Crippen LogP contribution in [0.4, 0.5) is 0 Å². The molecule has 26 heavy (non-hydrogen) atoms. The first kappa shape index (κ1) is 23.2. The molecule has 2 heterocycles. The van der Waals surface area contributed by atoms with Crippen molar-refractivity contribution < 1.29 is 9.52 Å². The first-order chi connectivity index (χ1) is 12.0. The van der Waals surface area contributed by atoms with Crippen molar-refractivity contribution >= 4 is 29.9 Å². The van der Waals surface area contributed by atoms with Crippen LogP contribution in [-0.4, -0.2) is 55.2 Å². The minimum atomic E-state index is -1.10. The topological polar surface area (TPSA) is 73.0 Å². The normalized spacial score (nSPS) is 17.6. The van der Waals surface area contributed by atoms with Gasteiger partial charge < -0.3 is 25.1 Å². The molecule has 150 valence electrons. The zero-order valence-corrected chi connectivity index (χ0v) is 18.7. The number of furan rings is 1. The van der Waals surface area contributed by atoms with Gasteiger partial charge >= 0.3 is 0 Å². The first-order valence-corrected chi connectivity index (χ1v) is 9.55. The zero-order valence-electron chi connectivity index (χ0n) is 16.4. The van der Waals surface area contributed by atoms with Crippen LogP contribution in [0.2, 0.25) is 0 Å². The van der Waals surface area contributed by atoms with Crippen molar-refractivity contribution in [1.82, 2.24) is 15.5 Å². The van der Waals surface area contributed by atoms with Gasteiger partial charge in [-0.3, -0.25) is 0 Å². The van der Waals surface area contributed by atoms with E-state index in [-0.39, 0.29) is 30.5 Å². The number of guanidine groups is 1. The Labute approximate surface area is 174 Å². The summed E-state index contributed by atoms with van der Waals surface area (Å²) in [6.45, 7) is 11.3. The SMILES string of the molecule is CCNC(=NCC(C)(O)c1ccc(C)o1)NCCCCN1CCCC1.I. The number of unbranched alkanes of at least 4 members (excludes halogenated alkanes) is 1. The molecule has 6 nitrogen and oxygen atoms in total. The second kappa shape index (κ2) is 11.8. The van der Waals surface area contributed by atoms with Crippen LogP contribution in [-0.2, 0) is 5.60 Å². The van der Waals surface area contributed by atoms with Crippen LogP contribution in [0, 0.1) is 6.92 Å². The van der Waals surface area contributed by atoms with E-state index in [0.29, 0.717) is 5.76 Å². The summed E-state index contributed by atoms with van der Waals surface area (Å²) in [7, 11) is 0. The highest BCUT2D eigenvalue weighted by atomic mass is 127. The van der Waals surface area contributed by atoms with Gasteiger partial charge in [-0.2, -0.15) is 0 Å². The van der Waals surface area contributed by atoms with Crippen molar-refractivity contribution in [2.24, 2.45) is 4.99 Å². The maximum absolute atomic E-state index is 10.6. The molecule has 0 amide bonds. The van der Waals surface area contributed by atoms with Gasteiger partial charge in [0.25, 0.3) is 0 Å². The van der Waals surface area contributed by atoms with E-state index in [1.54, 1.807) is 6.92 Å². The number of aliphatic hydroxyl groups is 1. The maximum Gasteiger partial charge on any atom is 0.191 e. The number of hydrogen-bond acceptors (Lipinski definition) is 4. The molecule has 1 saturated heterocycles. The lowest BCUT2D eigenvalue weighted by molar-refractivity contribution is 0.0428. The van der Waals surface area contributed by atoms with Gasteiger partial charge in [0.15, 0.2) is 5.96 Å². The van der Waals surface area contributed by atoms with Crippen LogP contribution in [0.1, 0.15) is 51.1 Å². The highest BCUT2D eigenvalue weighted by Crippen LogP contribution is 2.23. The van der Waals surface area contributed by atoms with E-state index in [2.05, 4.69) is 20.5 Å². The number of nitrogens with one attached hydrogen (secondary N) is 2.